The zero-order valence-electron chi connectivity index (χ0n) is 71.6. The molecule has 0 fully saturated rings. The van der Waals surface area contributed by atoms with Gasteiger partial charge in [0.2, 0.25) is 17.8 Å². The summed E-state index contributed by atoms with van der Waals surface area (Å²) in [6.07, 6.45) is 0. The van der Waals surface area contributed by atoms with E-state index >= 15 is 0 Å². The minimum absolute atomic E-state index is 0.664. The first-order valence-corrected chi connectivity index (χ1v) is 45.8. The van der Waals surface area contributed by atoms with Gasteiger partial charge in [-0.25, -0.2) is 29.9 Å². The van der Waals surface area contributed by atoms with Gasteiger partial charge in [-0.2, -0.15) is 0 Å². The van der Waals surface area contributed by atoms with Crippen molar-refractivity contribution in [2.75, 3.05) is 0 Å². The maximum atomic E-state index is 6.22. The van der Waals surface area contributed by atoms with Crippen LogP contribution in [0.1, 0.15) is 0 Å². The van der Waals surface area contributed by atoms with Crippen LogP contribution in [0.15, 0.2) is 423 Å². The lowest BCUT2D eigenvalue weighted by atomic mass is 9.96. The second-order valence-electron chi connectivity index (χ2n) is 34.6. The van der Waals surface area contributed by atoms with Gasteiger partial charge in [-0.3, -0.25) is 13.7 Å². The number of fused-ring (bicyclic) bond motifs is 36. The summed E-state index contributed by atoms with van der Waals surface area (Å²) < 4.78 is 18.0. The Morgan fingerprint density at radius 1 is 0.188 bits per heavy atom. The molecule has 21 aromatic carbocycles. The van der Waals surface area contributed by atoms with E-state index in [2.05, 4.69) is 407 Å². The molecule has 0 amide bonds. The van der Waals surface area contributed by atoms with Gasteiger partial charge < -0.3 is 8.98 Å². The molecule has 133 heavy (non-hydrogen) atoms. The Bertz CT molecular complexity index is 9830. The molecular formula is C121H72N10OS. The standard InChI is InChI=1S/C41H26N4.C40H23N3O.C40H23N3S/c1-44-36-17-9-6-13-28(36)32-21-19-26-27-20-22-33-29-14-7-10-18-37(29)45(40(33)31(27)24-23-30(26)39(32)44)41-42-35-16-8-5-15-34(35)38(43-41)25-11-3-2-4-12-25;2*1-2-10-24(11-3-1)38-31-13-4-7-15-33(31)41-40(42-38)43-34-16-8-5-12-27(34)30-20-18-26-25-22-23-36-37(28(25)19-21-29(26)39(30)43)32-14-6-9-17-35(32)44-36/h2-24H,1H3;2*1-23H. The highest BCUT2D eigenvalue weighted by atomic mass is 32.1. The van der Waals surface area contributed by atoms with E-state index in [0.717, 1.165) is 127 Å². The molecule has 0 aliphatic carbocycles. The van der Waals surface area contributed by atoms with Crippen LogP contribution in [-0.2, 0) is 7.05 Å². The van der Waals surface area contributed by atoms with E-state index in [1.54, 1.807) is 0 Å². The van der Waals surface area contributed by atoms with E-state index in [9.17, 15) is 0 Å². The van der Waals surface area contributed by atoms with E-state index in [1.165, 1.54) is 134 Å². The maximum Gasteiger partial charge on any atom is 0.235 e. The first-order chi connectivity index (χ1) is 65.9. The molecule has 0 spiro atoms. The normalized spacial score (nSPS) is 12.1. The molecule has 0 aliphatic rings. The molecule has 618 valence electrons. The average Bonchev–Trinajstić information content (AvgIpc) is 1.58. The number of hydrogen-bond donors (Lipinski definition) is 0. The molecule has 0 N–H and O–H groups in total. The monoisotopic (exact) mass is 1710 g/mol. The summed E-state index contributed by atoms with van der Waals surface area (Å²) in [6, 6.07) is 149. The van der Waals surface area contributed by atoms with Crippen LogP contribution in [0.25, 0.3) is 278 Å². The number of para-hydroxylation sites is 8. The van der Waals surface area contributed by atoms with E-state index < -0.39 is 0 Å². The molecule has 0 radical (unpaired) electrons. The fourth-order valence-corrected chi connectivity index (χ4v) is 22.9. The predicted octanol–water partition coefficient (Wildman–Crippen LogP) is 32.0. The number of aromatic nitrogens is 10. The van der Waals surface area contributed by atoms with Crippen molar-refractivity contribution in [3.63, 3.8) is 0 Å². The van der Waals surface area contributed by atoms with Crippen LogP contribution in [0, 0.1) is 0 Å². The second kappa shape index (κ2) is 29.2. The third kappa shape index (κ3) is 11.3. The highest BCUT2D eigenvalue weighted by Gasteiger charge is 2.27. The van der Waals surface area contributed by atoms with Gasteiger partial charge in [0.05, 0.1) is 72.2 Å². The first kappa shape index (κ1) is 74.5. The number of hydrogen-bond acceptors (Lipinski definition) is 8. The predicted molar refractivity (Wildman–Crippen MR) is 557 cm³/mol. The van der Waals surface area contributed by atoms with Crippen molar-refractivity contribution in [1.29, 1.82) is 0 Å². The summed E-state index contributed by atoms with van der Waals surface area (Å²) in [4.78, 5) is 31.5. The summed E-state index contributed by atoms with van der Waals surface area (Å²) >= 11 is 1.87. The fraction of sp³-hybridized carbons (Fsp3) is 0.00826. The topological polar surface area (TPSA) is 110 Å². The largest absolute Gasteiger partial charge is 0.456 e. The first-order valence-electron chi connectivity index (χ1n) is 45.0. The van der Waals surface area contributed by atoms with Crippen molar-refractivity contribution < 1.29 is 4.42 Å². The number of rotatable bonds is 6. The molecule has 12 heteroatoms. The number of nitrogens with zero attached hydrogens (tertiary/aromatic N) is 10. The smallest absolute Gasteiger partial charge is 0.235 e. The van der Waals surface area contributed by atoms with Crippen molar-refractivity contribution in [2.45, 2.75) is 0 Å². The number of furan rings is 1. The van der Waals surface area contributed by atoms with Crippen LogP contribution in [0.3, 0.4) is 0 Å². The van der Waals surface area contributed by atoms with E-state index in [1.807, 2.05) is 47.7 Å². The second-order valence-corrected chi connectivity index (χ2v) is 35.7. The summed E-state index contributed by atoms with van der Waals surface area (Å²) in [5.41, 5.74) is 19.8. The van der Waals surface area contributed by atoms with Crippen LogP contribution in [0.4, 0.5) is 0 Å². The molecule has 30 rings (SSSR count). The van der Waals surface area contributed by atoms with Crippen LogP contribution >= 0.6 is 11.3 Å². The summed E-state index contributed by atoms with van der Waals surface area (Å²) in [5.74, 6) is 2.02. The molecule has 0 bridgehead atoms. The zero-order chi connectivity index (χ0) is 87.2. The number of thiophene rings is 1. The maximum absolute atomic E-state index is 6.22. The van der Waals surface area contributed by atoms with Crippen LogP contribution in [-0.4, -0.2) is 48.2 Å². The van der Waals surface area contributed by atoms with Gasteiger partial charge in [-0.05, 0) is 110 Å². The lowest BCUT2D eigenvalue weighted by molar-refractivity contribution is 0.669. The van der Waals surface area contributed by atoms with Gasteiger partial charge >= 0.3 is 0 Å². The third-order valence-corrected chi connectivity index (χ3v) is 28.7. The molecule has 0 unspecified atom stereocenters. The van der Waals surface area contributed by atoms with E-state index in [0.29, 0.717) is 17.8 Å². The third-order valence-electron chi connectivity index (χ3n) is 27.5. The zero-order valence-corrected chi connectivity index (χ0v) is 72.4. The van der Waals surface area contributed by atoms with E-state index in [-0.39, 0.29) is 0 Å². The van der Waals surface area contributed by atoms with Gasteiger partial charge in [-0.1, -0.05) is 352 Å². The van der Waals surface area contributed by atoms with E-state index in [4.69, 9.17) is 34.3 Å². The Hall–Kier alpha value is -17.6. The van der Waals surface area contributed by atoms with Gasteiger partial charge in [0.25, 0.3) is 0 Å². The quantitative estimate of drug-likeness (QED) is 0.153. The van der Waals surface area contributed by atoms with Gasteiger partial charge in [0, 0.05) is 141 Å². The van der Waals surface area contributed by atoms with Crippen LogP contribution in [0.2, 0.25) is 0 Å². The van der Waals surface area contributed by atoms with Crippen molar-refractivity contribution in [1.82, 2.24) is 48.2 Å². The van der Waals surface area contributed by atoms with Crippen LogP contribution in [0.5, 0.6) is 0 Å². The molecule has 30 aromatic rings. The van der Waals surface area contributed by atoms with Gasteiger partial charge in [0.15, 0.2) is 0 Å². The summed E-state index contributed by atoms with van der Waals surface area (Å²) in [5, 5.41) is 32.5. The molecule has 9 aromatic heterocycles. The molecule has 0 saturated carbocycles. The molecule has 0 saturated heterocycles. The molecular weight excluding hydrogens is 1640 g/mol. The Morgan fingerprint density at radius 2 is 0.474 bits per heavy atom. The summed E-state index contributed by atoms with van der Waals surface area (Å²) in [6.45, 7) is 0. The van der Waals surface area contributed by atoms with Gasteiger partial charge in [-0.15, -0.1) is 11.3 Å². The molecule has 11 nitrogen and oxygen atoms in total. The SMILES string of the molecule is Cn1c2ccccc2c2ccc3c4ccc5c6ccccc6n(-c6nc(-c7ccccc7)c7ccccc7n6)c5c4ccc3c21.c1ccc(-c2nc(-n3c4ccccc4c4ccc5c6ccc7oc8ccccc8c7c6ccc5c43)nc3ccccc23)cc1.c1ccc(-c2nc(-n3c4ccccc4c4ccc5c6ccc7sc8ccccc8c7c6ccc5c43)nc3ccccc23)cc1. The van der Waals surface area contributed by atoms with Crippen molar-refractivity contribution >= 4 is 238 Å². The summed E-state index contributed by atoms with van der Waals surface area (Å²) in [7, 11) is 2.18. The molecule has 0 aliphatic heterocycles. The average molecular weight is 1710 g/mol. The van der Waals surface area contributed by atoms with Crippen LogP contribution < -0.4 is 0 Å². The minimum Gasteiger partial charge on any atom is -0.456 e. The van der Waals surface area contributed by atoms with Crippen molar-refractivity contribution in [2.24, 2.45) is 7.05 Å². The number of benzene rings is 21. The number of aryl methyl sites for hydroxylation is 1. The Balaban J connectivity index is 0.0000000996. The molecule has 9 heterocycles. The minimum atomic E-state index is 0.664. The Morgan fingerprint density at radius 3 is 0.902 bits per heavy atom. The van der Waals surface area contributed by atoms with Crippen molar-refractivity contribution in [3.05, 3.63) is 419 Å². The lowest BCUT2D eigenvalue weighted by Crippen LogP contribution is -2.03. The molecule has 0 atom stereocenters. The lowest BCUT2D eigenvalue weighted by Gasteiger charge is -2.13. The Labute approximate surface area is 762 Å². The fourth-order valence-electron chi connectivity index (χ4n) is 21.7. The highest BCUT2D eigenvalue weighted by Crippen LogP contribution is 2.49. The van der Waals surface area contributed by atoms with Crippen molar-refractivity contribution in [3.8, 4) is 51.6 Å². The highest BCUT2D eigenvalue weighted by molar-refractivity contribution is 7.26. The van der Waals surface area contributed by atoms with Gasteiger partial charge in [0.1, 0.15) is 11.2 Å². The Kier molecular flexibility index (Phi) is 16.4.